The van der Waals surface area contributed by atoms with E-state index >= 15 is 0 Å². The maximum absolute atomic E-state index is 9.96. The second-order valence-electron chi connectivity index (χ2n) is 9.25. The normalized spacial score (nSPS) is 56.2. The van der Waals surface area contributed by atoms with Gasteiger partial charge in [0.15, 0.2) is 0 Å². The van der Waals surface area contributed by atoms with Gasteiger partial charge in [0.2, 0.25) is 0 Å². The van der Waals surface area contributed by atoms with Gasteiger partial charge in [0.05, 0.1) is 0 Å². The summed E-state index contributed by atoms with van der Waals surface area (Å²) in [7, 11) is 0. The molecule has 6 saturated carbocycles. The third-order valence-corrected chi connectivity index (χ3v) is 8.88. The molecule has 0 heterocycles. The Morgan fingerprint density at radius 2 is 0.792 bits per heavy atom. The fraction of sp³-hybridized carbons (Fsp3) is 1.00. The summed E-state index contributed by atoms with van der Waals surface area (Å²) in [5.74, 6) is 4.51. The molecule has 0 bridgehead atoms. The Morgan fingerprint density at radius 3 is 0.958 bits per heavy atom. The van der Waals surface area contributed by atoms with Gasteiger partial charge in [-0.2, -0.15) is 0 Å². The first kappa shape index (κ1) is 16.0. The first-order chi connectivity index (χ1) is 11.2. The number of aliphatic hydroxyl groups is 4. The predicted octanol–water partition coefficient (Wildman–Crippen LogP) is -0.318. The van der Waals surface area contributed by atoms with Crippen LogP contribution in [0.4, 0.5) is 0 Å². The summed E-state index contributed by atoms with van der Waals surface area (Å²) in [5, 5.41) is 39.8. The topological polar surface area (TPSA) is 87.4 Å². The maximum atomic E-state index is 9.96. The maximum Gasteiger partial charge on any atom is 0.106 e. The zero-order valence-corrected chi connectivity index (χ0v) is 14.9. The smallest absolute Gasteiger partial charge is 0.106 e. The van der Waals surface area contributed by atoms with Gasteiger partial charge in [0, 0.05) is 13.1 Å². The lowest BCUT2D eigenvalue weighted by Crippen LogP contribution is -3.11. The summed E-state index contributed by atoms with van der Waals surface area (Å²) in [5.41, 5.74) is 0.715. The standard InChI is InChI=1S/C18H30N2O4/c1-7(21)19(8(2)22)5-17-11-14-12(17)16-13(17)15(11)18(14,16)6-20(9(3)23)10(4)24/h7-16,21-24H,5-6H2,1-4H3. The van der Waals surface area contributed by atoms with Crippen LogP contribution in [0.5, 0.6) is 0 Å². The van der Waals surface area contributed by atoms with Crippen LogP contribution in [-0.2, 0) is 0 Å². The van der Waals surface area contributed by atoms with Gasteiger partial charge in [-0.15, -0.1) is 0 Å². The van der Waals surface area contributed by atoms with Crippen LogP contribution in [0.25, 0.3) is 0 Å². The molecule has 0 spiro atoms. The highest BCUT2D eigenvalue weighted by molar-refractivity contribution is 5.55. The van der Waals surface area contributed by atoms with Crippen molar-refractivity contribution in [3.8, 4) is 0 Å². The molecular formula is C18H30N2O4. The highest BCUT2D eigenvalue weighted by Gasteiger charge is 3.09. The number of aliphatic hydroxyl groups excluding tert-OH is 4. The van der Waals surface area contributed by atoms with Crippen LogP contribution in [0.15, 0.2) is 0 Å². The van der Waals surface area contributed by atoms with Crippen LogP contribution < -0.4 is 0 Å². The molecule has 4 unspecified atom stereocenters. The van der Waals surface area contributed by atoms with Gasteiger partial charge >= 0.3 is 0 Å². The Morgan fingerprint density at radius 1 is 0.583 bits per heavy atom. The first-order valence-corrected chi connectivity index (χ1v) is 9.45. The first-order valence-electron chi connectivity index (χ1n) is 9.45. The molecule has 0 saturated heterocycles. The minimum atomic E-state index is -0.611. The molecule has 24 heavy (non-hydrogen) atoms. The van der Waals surface area contributed by atoms with Crippen molar-refractivity contribution in [3.63, 3.8) is 0 Å². The van der Waals surface area contributed by atoms with Crippen molar-refractivity contribution in [1.82, 2.24) is 9.80 Å². The molecule has 0 aromatic heterocycles. The van der Waals surface area contributed by atoms with Crippen molar-refractivity contribution in [2.75, 3.05) is 13.1 Å². The van der Waals surface area contributed by atoms with Gasteiger partial charge in [-0.1, -0.05) is 0 Å². The lowest BCUT2D eigenvalue weighted by molar-refractivity contribution is -0.660. The number of nitrogens with zero attached hydrogens (tertiary/aromatic N) is 2. The van der Waals surface area contributed by atoms with Crippen molar-refractivity contribution in [1.29, 1.82) is 0 Å². The van der Waals surface area contributed by atoms with Crippen molar-refractivity contribution < 1.29 is 20.4 Å². The van der Waals surface area contributed by atoms with E-state index in [1.165, 1.54) is 0 Å². The van der Waals surface area contributed by atoms with E-state index < -0.39 is 24.9 Å². The molecule has 6 nitrogen and oxygen atoms in total. The lowest BCUT2D eigenvalue weighted by atomic mass is 8.92. The fourth-order valence-electron chi connectivity index (χ4n) is 8.39. The second-order valence-corrected chi connectivity index (χ2v) is 9.25. The molecule has 136 valence electrons. The van der Waals surface area contributed by atoms with E-state index in [4.69, 9.17) is 0 Å². The molecule has 0 aliphatic heterocycles. The monoisotopic (exact) mass is 338 g/mol. The zero-order chi connectivity index (χ0) is 17.3. The molecule has 6 rings (SSSR count). The third kappa shape index (κ3) is 1.28. The summed E-state index contributed by atoms with van der Waals surface area (Å²) in [6.45, 7) is 8.58. The van der Waals surface area contributed by atoms with Gasteiger partial charge in [-0.05, 0) is 74.0 Å². The van der Waals surface area contributed by atoms with Crippen molar-refractivity contribution >= 4 is 0 Å². The van der Waals surface area contributed by atoms with Crippen LogP contribution in [0.2, 0.25) is 0 Å². The Hall–Kier alpha value is -0.240. The van der Waals surface area contributed by atoms with E-state index in [1.807, 2.05) is 9.80 Å². The van der Waals surface area contributed by atoms with E-state index in [9.17, 15) is 20.4 Å². The summed E-state index contributed by atoms with van der Waals surface area (Å²) in [6.07, 6.45) is -2.44. The highest BCUT2D eigenvalue weighted by atomic mass is 16.3. The molecule has 4 atom stereocenters. The minimum Gasteiger partial charge on any atom is -0.379 e. The van der Waals surface area contributed by atoms with Crippen LogP contribution >= 0.6 is 0 Å². The molecule has 0 amide bonds. The van der Waals surface area contributed by atoms with E-state index in [1.54, 1.807) is 27.7 Å². The SMILES string of the molecule is CC(O)N(CC12C3C4C1C1C2C3C41CN(C(C)O)C(C)O)C(C)O. The molecule has 6 fully saturated rings. The summed E-state index contributed by atoms with van der Waals surface area (Å²) < 4.78 is 0. The summed E-state index contributed by atoms with van der Waals surface area (Å²) >= 11 is 0. The molecule has 0 radical (unpaired) electrons. The van der Waals surface area contributed by atoms with Crippen molar-refractivity contribution in [2.45, 2.75) is 52.6 Å². The van der Waals surface area contributed by atoms with E-state index in [-0.39, 0.29) is 0 Å². The van der Waals surface area contributed by atoms with Gasteiger partial charge in [-0.25, -0.2) is 0 Å². The Bertz CT molecular complexity index is 456. The summed E-state index contributed by atoms with van der Waals surface area (Å²) in [6, 6.07) is 0. The van der Waals surface area contributed by atoms with Gasteiger partial charge in [0.25, 0.3) is 0 Å². The average molecular weight is 338 g/mol. The van der Waals surface area contributed by atoms with Crippen LogP contribution in [0.3, 0.4) is 0 Å². The molecule has 0 aromatic carbocycles. The second kappa shape index (κ2) is 4.35. The third-order valence-electron chi connectivity index (χ3n) is 8.88. The Labute approximate surface area is 143 Å². The van der Waals surface area contributed by atoms with Gasteiger partial charge in [0.1, 0.15) is 24.9 Å². The van der Waals surface area contributed by atoms with Crippen LogP contribution in [0, 0.1) is 46.3 Å². The van der Waals surface area contributed by atoms with Crippen molar-refractivity contribution in [3.05, 3.63) is 0 Å². The van der Waals surface area contributed by atoms with Crippen molar-refractivity contribution in [2.24, 2.45) is 46.3 Å². The predicted molar refractivity (Wildman–Crippen MR) is 85.9 cm³/mol. The molecule has 6 heteroatoms. The zero-order valence-electron chi connectivity index (χ0n) is 14.9. The van der Waals surface area contributed by atoms with Crippen LogP contribution in [0.1, 0.15) is 27.7 Å². The molecule has 0 aromatic rings. The molecule has 6 aliphatic carbocycles. The highest BCUT2D eigenvalue weighted by Crippen LogP contribution is 3.10. The van der Waals surface area contributed by atoms with Gasteiger partial charge in [-0.3, -0.25) is 9.80 Å². The fourth-order valence-corrected chi connectivity index (χ4v) is 8.39. The Kier molecular flexibility index (Phi) is 2.90. The van der Waals surface area contributed by atoms with Crippen LogP contribution in [-0.4, -0.2) is 68.2 Å². The molecule has 4 N–H and O–H groups in total. The molecule has 6 aliphatic rings. The lowest BCUT2D eigenvalue weighted by Gasteiger charge is -3.12. The van der Waals surface area contributed by atoms with E-state index in [0.29, 0.717) is 10.8 Å². The molecular weight excluding hydrogens is 308 g/mol. The number of hydrogen-bond acceptors (Lipinski definition) is 6. The van der Waals surface area contributed by atoms with E-state index in [0.717, 1.165) is 48.6 Å². The number of rotatable bonds is 8. The number of hydrogen-bond donors (Lipinski definition) is 4. The minimum absolute atomic E-state index is 0.357. The van der Waals surface area contributed by atoms with Gasteiger partial charge < -0.3 is 20.4 Å². The quantitative estimate of drug-likeness (QED) is 0.454. The summed E-state index contributed by atoms with van der Waals surface area (Å²) in [4.78, 5) is 3.65. The van der Waals surface area contributed by atoms with E-state index in [2.05, 4.69) is 0 Å². The largest absolute Gasteiger partial charge is 0.379 e. The Balaban J connectivity index is 1.30. The average Bonchev–Trinajstić information content (AvgIpc) is 2.49.